The Kier molecular flexibility index (Phi) is 3.49. The summed E-state index contributed by atoms with van der Waals surface area (Å²) in [6, 6.07) is 0.459. The Hall–Kier alpha value is -0.620. The van der Waals surface area contributed by atoms with E-state index in [2.05, 4.69) is 40.9 Å². The highest BCUT2D eigenvalue weighted by Gasteiger charge is 2.43. The number of nitrogens with one attached hydrogen (secondary N) is 1. The van der Waals surface area contributed by atoms with Crippen molar-refractivity contribution in [3.63, 3.8) is 0 Å². The smallest absolute Gasteiger partial charge is 0.165 e. The second kappa shape index (κ2) is 4.71. The van der Waals surface area contributed by atoms with Crippen molar-refractivity contribution >= 4 is 11.8 Å². The predicted octanol–water partition coefficient (Wildman–Crippen LogP) is 1.07. The summed E-state index contributed by atoms with van der Waals surface area (Å²) >= 11 is 1.93. The molecule has 1 aromatic rings. The molecule has 0 spiro atoms. The molecule has 6 heteroatoms. The van der Waals surface area contributed by atoms with Gasteiger partial charge in [-0.25, -0.2) is 4.68 Å². The molecule has 0 aliphatic heterocycles. The van der Waals surface area contributed by atoms with Crippen LogP contribution in [0, 0.1) is 0 Å². The van der Waals surface area contributed by atoms with Crippen molar-refractivity contribution in [1.29, 1.82) is 0 Å². The summed E-state index contributed by atoms with van der Waals surface area (Å²) in [4.78, 5) is 0. The molecule has 1 aliphatic carbocycles. The van der Waals surface area contributed by atoms with Crippen LogP contribution in [-0.4, -0.2) is 37.3 Å². The van der Waals surface area contributed by atoms with Crippen molar-refractivity contribution < 1.29 is 0 Å². The molecule has 1 heterocycles. The van der Waals surface area contributed by atoms with E-state index < -0.39 is 0 Å². The van der Waals surface area contributed by atoms with E-state index in [-0.39, 0.29) is 0 Å². The highest BCUT2D eigenvalue weighted by atomic mass is 32.2. The van der Waals surface area contributed by atoms with Gasteiger partial charge in [0, 0.05) is 10.8 Å². The first-order valence-corrected chi connectivity index (χ1v) is 6.91. The van der Waals surface area contributed by atoms with Gasteiger partial charge >= 0.3 is 0 Å². The van der Waals surface area contributed by atoms with Crippen molar-refractivity contribution in [3.05, 3.63) is 5.82 Å². The van der Waals surface area contributed by atoms with E-state index in [1.165, 1.54) is 12.8 Å². The van der Waals surface area contributed by atoms with Crippen LogP contribution in [0.3, 0.4) is 0 Å². The van der Waals surface area contributed by atoms with Crippen LogP contribution in [-0.2, 0) is 13.1 Å². The summed E-state index contributed by atoms with van der Waals surface area (Å²) in [5.74, 6) is 0.939. The fourth-order valence-corrected chi connectivity index (χ4v) is 2.37. The minimum absolute atomic E-state index is 0.405. The molecule has 90 valence electrons. The quantitative estimate of drug-likeness (QED) is 0.807. The van der Waals surface area contributed by atoms with Crippen molar-refractivity contribution in [3.8, 4) is 0 Å². The zero-order chi connectivity index (χ0) is 11.6. The topological polar surface area (TPSA) is 55.6 Å². The number of rotatable bonds is 6. The van der Waals surface area contributed by atoms with E-state index in [9.17, 15) is 0 Å². The van der Waals surface area contributed by atoms with Crippen molar-refractivity contribution in [2.75, 3.05) is 6.26 Å². The van der Waals surface area contributed by atoms with E-state index >= 15 is 0 Å². The monoisotopic (exact) mass is 241 g/mol. The lowest BCUT2D eigenvalue weighted by Gasteiger charge is -2.13. The zero-order valence-electron chi connectivity index (χ0n) is 10.1. The molecule has 0 atom stereocenters. The average Bonchev–Trinajstić information content (AvgIpc) is 2.88. The Labute approximate surface area is 100 Å². The van der Waals surface area contributed by atoms with Gasteiger partial charge in [0.25, 0.3) is 0 Å². The van der Waals surface area contributed by atoms with E-state index in [1.54, 1.807) is 0 Å². The first-order valence-electron chi connectivity index (χ1n) is 5.69. The summed E-state index contributed by atoms with van der Waals surface area (Å²) in [5, 5.41) is 15.2. The number of tetrazole rings is 1. The molecule has 0 radical (unpaired) electrons. The molecular weight excluding hydrogens is 222 g/mol. The first kappa shape index (κ1) is 11.9. The maximum atomic E-state index is 4.07. The fourth-order valence-electron chi connectivity index (χ4n) is 1.61. The van der Waals surface area contributed by atoms with Gasteiger partial charge in [0.15, 0.2) is 5.82 Å². The van der Waals surface area contributed by atoms with Crippen LogP contribution in [0.15, 0.2) is 0 Å². The molecule has 1 aliphatic rings. The second-order valence-electron chi connectivity index (χ2n) is 4.68. The third-order valence-electron chi connectivity index (χ3n) is 2.95. The SMILES string of the molecule is CSC1(Cn2nnnc2CNC(C)C)CC1. The molecule has 1 fully saturated rings. The largest absolute Gasteiger partial charge is 0.308 e. The van der Waals surface area contributed by atoms with Gasteiger partial charge in [0.2, 0.25) is 0 Å². The Morgan fingerprint density at radius 2 is 2.25 bits per heavy atom. The molecule has 0 amide bonds. The Balaban J connectivity index is 1.96. The van der Waals surface area contributed by atoms with Crippen molar-refractivity contribution in [1.82, 2.24) is 25.5 Å². The summed E-state index contributed by atoms with van der Waals surface area (Å²) in [6.45, 7) is 5.93. The van der Waals surface area contributed by atoms with Crippen LogP contribution >= 0.6 is 11.8 Å². The summed E-state index contributed by atoms with van der Waals surface area (Å²) < 4.78 is 2.35. The standard InChI is InChI=1S/C10H19N5S/c1-8(2)11-6-9-12-13-14-15(9)7-10(16-3)4-5-10/h8,11H,4-7H2,1-3H3. The van der Waals surface area contributed by atoms with E-state index in [4.69, 9.17) is 0 Å². The third kappa shape index (κ3) is 2.74. The normalized spacial score (nSPS) is 18.0. The van der Waals surface area contributed by atoms with Gasteiger partial charge in [0.05, 0.1) is 13.1 Å². The molecule has 0 bridgehead atoms. The number of nitrogens with zero attached hydrogens (tertiary/aromatic N) is 4. The molecule has 5 nitrogen and oxygen atoms in total. The summed E-state index contributed by atoms with van der Waals surface area (Å²) in [5.41, 5.74) is 0. The minimum Gasteiger partial charge on any atom is -0.308 e. The van der Waals surface area contributed by atoms with Crippen LogP contribution in [0.1, 0.15) is 32.5 Å². The first-order chi connectivity index (χ1) is 7.65. The van der Waals surface area contributed by atoms with Gasteiger partial charge in [-0.3, -0.25) is 0 Å². The van der Waals surface area contributed by atoms with Gasteiger partial charge in [-0.15, -0.1) is 5.10 Å². The molecule has 2 rings (SSSR count). The molecule has 0 unspecified atom stereocenters. The van der Waals surface area contributed by atoms with Crippen molar-refractivity contribution in [2.24, 2.45) is 0 Å². The number of hydrogen-bond acceptors (Lipinski definition) is 5. The van der Waals surface area contributed by atoms with Crippen LogP contribution in [0.25, 0.3) is 0 Å². The predicted molar refractivity (Wildman–Crippen MR) is 65.3 cm³/mol. The molecule has 0 saturated heterocycles. The van der Waals surface area contributed by atoms with Gasteiger partial charge in [0.1, 0.15) is 0 Å². The Bertz CT molecular complexity index is 345. The van der Waals surface area contributed by atoms with Gasteiger partial charge < -0.3 is 5.32 Å². The van der Waals surface area contributed by atoms with E-state index in [1.807, 2.05) is 16.4 Å². The molecule has 0 aromatic carbocycles. The zero-order valence-corrected chi connectivity index (χ0v) is 10.9. The lowest BCUT2D eigenvalue weighted by Crippen LogP contribution is -2.26. The van der Waals surface area contributed by atoms with Crippen LogP contribution in [0.5, 0.6) is 0 Å². The van der Waals surface area contributed by atoms with Crippen LogP contribution in [0.2, 0.25) is 0 Å². The van der Waals surface area contributed by atoms with Crippen molar-refractivity contribution in [2.45, 2.75) is 50.6 Å². The Morgan fingerprint density at radius 3 is 2.81 bits per heavy atom. The molecule has 16 heavy (non-hydrogen) atoms. The molecular formula is C10H19N5S. The lowest BCUT2D eigenvalue weighted by atomic mass is 10.4. The maximum Gasteiger partial charge on any atom is 0.165 e. The van der Waals surface area contributed by atoms with Gasteiger partial charge in [-0.1, -0.05) is 13.8 Å². The van der Waals surface area contributed by atoms with E-state index in [0.717, 1.165) is 18.9 Å². The molecule has 1 N–H and O–H groups in total. The molecule has 1 saturated carbocycles. The number of hydrogen-bond donors (Lipinski definition) is 1. The van der Waals surface area contributed by atoms with Crippen LogP contribution < -0.4 is 5.32 Å². The average molecular weight is 241 g/mol. The number of aromatic nitrogens is 4. The maximum absolute atomic E-state index is 4.07. The highest BCUT2D eigenvalue weighted by Crippen LogP contribution is 2.48. The highest BCUT2D eigenvalue weighted by molar-refractivity contribution is 8.00. The van der Waals surface area contributed by atoms with Gasteiger partial charge in [-0.05, 0) is 29.5 Å². The fraction of sp³-hybridized carbons (Fsp3) is 0.900. The summed E-state index contributed by atoms with van der Waals surface area (Å²) in [6.07, 6.45) is 4.74. The van der Waals surface area contributed by atoms with E-state index in [0.29, 0.717) is 10.8 Å². The molecule has 1 aromatic heterocycles. The second-order valence-corrected chi connectivity index (χ2v) is 5.95. The summed E-state index contributed by atoms with van der Waals surface area (Å²) in [7, 11) is 0. The minimum atomic E-state index is 0.405. The Morgan fingerprint density at radius 1 is 1.50 bits per heavy atom. The van der Waals surface area contributed by atoms with Gasteiger partial charge in [-0.2, -0.15) is 11.8 Å². The third-order valence-corrected chi connectivity index (χ3v) is 4.36. The lowest BCUT2D eigenvalue weighted by molar-refractivity contribution is 0.507. The number of thioether (sulfide) groups is 1. The van der Waals surface area contributed by atoms with Crippen LogP contribution in [0.4, 0.5) is 0 Å².